The Labute approximate surface area is 226 Å². The highest BCUT2D eigenvalue weighted by Crippen LogP contribution is 2.41. The van der Waals surface area contributed by atoms with Crippen LogP contribution in [0, 0.1) is 32.1 Å². The summed E-state index contributed by atoms with van der Waals surface area (Å²) in [4.78, 5) is 25.9. The predicted octanol–water partition coefficient (Wildman–Crippen LogP) is 5.52. The molecule has 0 aliphatic carbocycles. The second-order valence-electron chi connectivity index (χ2n) is 8.74. The third kappa shape index (κ3) is 6.95. The summed E-state index contributed by atoms with van der Waals surface area (Å²) in [5.41, 5.74) is 5.82. The zero-order valence-electron chi connectivity index (χ0n) is 21.5. The highest BCUT2D eigenvalue weighted by atomic mass is 35.5. The second-order valence-corrected chi connectivity index (χ2v) is 10.2. The average molecular weight is 540 g/mol. The Morgan fingerprint density at radius 2 is 1.76 bits per heavy atom. The Hall–Kier alpha value is -3.25. The number of nitriles is 1. The van der Waals surface area contributed by atoms with E-state index in [0.717, 1.165) is 22.4 Å². The topological polar surface area (TPSA) is 100 Å². The minimum Gasteiger partial charge on any atom is -0.460 e. The van der Waals surface area contributed by atoms with Gasteiger partial charge in [0.15, 0.2) is 0 Å². The smallest absolute Gasteiger partial charge is 0.336 e. The molecule has 0 bridgehead atoms. The van der Waals surface area contributed by atoms with Crippen LogP contribution < -0.4 is 10.6 Å². The van der Waals surface area contributed by atoms with Crippen LogP contribution in [0.25, 0.3) is 0 Å². The molecule has 37 heavy (non-hydrogen) atoms. The summed E-state index contributed by atoms with van der Waals surface area (Å²) in [5.74, 6) is -1.33. The lowest BCUT2D eigenvalue weighted by molar-refractivity contribution is -0.140. The van der Waals surface area contributed by atoms with Crippen molar-refractivity contribution in [3.63, 3.8) is 0 Å². The first-order valence-corrected chi connectivity index (χ1v) is 13.1. The molecular formula is C28H30ClN3O4S. The Balaban J connectivity index is 1.89. The van der Waals surface area contributed by atoms with Crippen LogP contribution in [0.1, 0.15) is 35.1 Å². The van der Waals surface area contributed by atoms with Gasteiger partial charge in [0.05, 0.1) is 40.5 Å². The van der Waals surface area contributed by atoms with Crippen molar-refractivity contribution in [3.05, 3.63) is 85.5 Å². The number of hydrogen-bond acceptors (Lipinski definition) is 7. The molecule has 2 aromatic rings. The molecule has 1 unspecified atom stereocenters. The fraction of sp³-hybridized carbons (Fsp3) is 0.321. The van der Waals surface area contributed by atoms with Gasteiger partial charge < -0.3 is 20.1 Å². The van der Waals surface area contributed by atoms with Gasteiger partial charge in [0, 0.05) is 23.5 Å². The van der Waals surface area contributed by atoms with E-state index in [0.29, 0.717) is 32.5 Å². The molecule has 3 rings (SSSR count). The molecule has 2 N–H and O–H groups in total. The van der Waals surface area contributed by atoms with Crippen LogP contribution in [0.2, 0.25) is 5.02 Å². The van der Waals surface area contributed by atoms with Gasteiger partial charge >= 0.3 is 5.97 Å². The van der Waals surface area contributed by atoms with Gasteiger partial charge in [0.25, 0.3) is 0 Å². The van der Waals surface area contributed by atoms with Crippen molar-refractivity contribution in [1.29, 1.82) is 5.26 Å². The highest BCUT2D eigenvalue weighted by Gasteiger charge is 2.35. The van der Waals surface area contributed by atoms with E-state index < -0.39 is 11.9 Å². The molecule has 0 fully saturated rings. The maximum absolute atomic E-state index is 13.1. The van der Waals surface area contributed by atoms with Gasteiger partial charge in [0.1, 0.15) is 6.61 Å². The van der Waals surface area contributed by atoms with Crippen LogP contribution in [0.3, 0.4) is 0 Å². The van der Waals surface area contributed by atoms with E-state index in [9.17, 15) is 14.9 Å². The van der Waals surface area contributed by atoms with Crippen molar-refractivity contribution in [1.82, 2.24) is 5.32 Å². The standard InChI is InChI=1S/C28H30ClN3O4S/c1-16-12-17(2)26(18(3)13-16)32-23(33)15-37-27-22(14-30)25(20-6-8-21(29)9-7-20)24(19(4)31-27)28(34)36-11-10-35-5/h6-9,12-13,25,31H,10-11,15H2,1-5H3,(H,32,33). The molecule has 0 radical (unpaired) electrons. The molecule has 7 nitrogen and oxygen atoms in total. The Kier molecular flexibility index (Phi) is 9.81. The highest BCUT2D eigenvalue weighted by molar-refractivity contribution is 8.03. The number of anilines is 1. The van der Waals surface area contributed by atoms with E-state index in [1.807, 2.05) is 32.9 Å². The van der Waals surface area contributed by atoms with Crippen LogP contribution in [-0.4, -0.2) is 38.0 Å². The SMILES string of the molecule is COCCOC(=O)C1=C(C)NC(SCC(=O)Nc2c(C)cc(C)cc2C)=C(C#N)C1c1ccc(Cl)cc1. The molecule has 1 amide bonds. The molecule has 0 aromatic heterocycles. The third-order valence-electron chi connectivity index (χ3n) is 5.88. The molecule has 1 heterocycles. The summed E-state index contributed by atoms with van der Waals surface area (Å²) in [7, 11) is 1.52. The fourth-order valence-corrected chi connectivity index (χ4v) is 5.29. The zero-order valence-corrected chi connectivity index (χ0v) is 23.1. The number of ether oxygens (including phenoxy) is 2. The van der Waals surface area contributed by atoms with Crippen LogP contribution in [0.15, 0.2) is 58.3 Å². The molecule has 0 saturated heterocycles. The second kappa shape index (κ2) is 12.8. The molecule has 0 saturated carbocycles. The maximum atomic E-state index is 13.1. The molecule has 0 spiro atoms. The lowest BCUT2D eigenvalue weighted by Gasteiger charge is -2.29. The van der Waals surface area contributed by atoms with Gasteiger partial charge in [0.2, 0.25) is 5.91 Å². The number of allylic oxidation sites excluding steroid dienone is 2. The Bertz CT molecular complexity index is 1270. The van der Waals surface area contributed by atoms with Crippen molar-refractivity contribution in [2.24, 2.45) is 0 Å². The molecule has 194 valence electrons. The number of rotatable bonds is 9. The number of dihydropyridines is 1. The molecule has 1 atom stereocenters. The molecule has 1 aliphatic rings. The van der Waals surface area contributed by atoms with E-state index in [2.05, 4.69) is 16.7 Å². The van der Waals surface area contributed by atoms with Crippen LogP contribution >= 0.6 is 23.4 Å². The maximum Gasteiger partial charge on any atom is 0.336 e. The van der Waals surface area contributed by atoms with Gasteiger partial charge in [-0.15, -0.1) is 0 Å². The summed E-state index contributed by atoms with van der Waals surface area (Å²) < 4.78 is 10.4. The number of amides is 1. The van der Waals surface area contributed by atoms with Crippen molar-refractivity contribution in [2.75, 3.05) is 31.4 Å². The Morgan fingerprint density at radius 3 is 2.35 bits per heavy atom. The van der Waals surface area contributed by atoms with E-state index in [1.165, 1.54) is 18.9 Å². The summed E-state index contributed by atoms with van der Waals surface area (Å²) in [6, 6.07) is 13.3. The van der Waals surface area contributed by atoms with Gasteiger partial charge in [-0.3, -0.25) is 4.79 Å². The number of hydrogen-bond donors (Lipinski definition) is 2. The largest absolute Gasteiger partial charge is 0.460 e. The first-order chi connectivity index (χ1) is 17.7. The number of carbonyl (C=O) groups is 2. The number of carbonyl (C=O) groups excluding carboxylic acids is 2. The number of nitrogens with one attached hydrogen (secondary N) is 2. The van der Waals surface area contributed by atoms with Gasteiger partial charge in [-0.05, 0) is 56.5 Å². The van der Waals surface area contributed by atoms with E-state index in [4.69, 9.17) is 21.1 Å². The number of halogens is 1. The first kappa shape index (κ1) is 28.3. The van der Waals surface area contributed by atoms with E-state index >= 15 is 0 Å². The summed E-state index contributed by atoms with van der Waals surface area (Å²) >= 11 is 7.30. The molecule has 1 aliphatic heterocycles. The third-order valence-corrected chi connectivity index (χ3v) is 7.15. The van der Waals surface area contributed by atoms with Crippen molar-refractivity contribution in [2.45, 2.75) is 33.6 Å². The summed E-state index contributed by atoms with van der Waals surface area (Å²) in [6.45, 7) is 8.03. The number of esters is 1. The average Bonchev–Trinajstić information content (AvgIpc) is 2.85. The van der Waals surface area contributed by atoms with Gasteiger partial charge in [-0.25, -0.2) is 4.79 Å². The predicted molar refractivity (Wildman–Crippen MR) is 147 cm³/mol. The van der Waals surface area contributed by atoms with Gasteiger partial charge in [-0.1, -0.05) is 53.2 Å². The lowest BCUT2D eigenvalue weighted by atomic mass is 9.82. The van der Waals surface area contributed by atoms with E-state index in [-0.39, 0.29) is 24.9 Å². The normalized spacial score (nSPS) is 15.2. The fourth-order valence-electron chi connectivity index (χ4n) is 4.27. The number of benzene rings is 2. The minimum absolute atomic E-state index is 0.0779. The van der Waals surface area contributed by atoms with Gasteiger partial charge in [-0.2, -0.15) is 5.26 Å². The lowest BCUT2D eigenvalue weighted by Crippen LogP contribution is -2.30. The number of thioether (sulfide) groups is 1. The summed E-state index contributed by atoms with van der Waals surface area (Å²) in [5, 5.41) is 17.4. The number of methoxy groups -OCH3 is 1. The quantitative estimate of drug-likeness (QED) is 0.319. The van der Waals surface area contributed by atoms with Crippen molar-refractivity contribution < 1.29 is 19.1 Å². The molecule has 2 aromatic carbocycles. The zero-order chi connectivity index (χ0) is 27.1. The van der Waals surface area contributed by atoms with Crippen molar-refractivity contribution in [3.8, 4) is 6.07 Å². The van der Waals surface area contributed by atoms with Crippen molar-refractivity contribution >= 4 is 40.9 Å². The number of aryl methyl sites for hydroxylation is 3. The monoisotopic (exact) mass is 539 g/mol. The first-order valence-electron chi connectivity index (χ1n) is 11.7. The van der Waals surface area contributed by atoms with E-state index in [1.54, 1.807) is 31.2 Å². The van der Waals surface area contributed by atoms with Crippen LogP contribution in [0.4, 0.5) is 5.69 Å². The van der Waals surface area contributed by atoms with Crippen LogP contribution in [-0.2, 0) is 19.1 Å². The number of nitrogens with zero attached hydrogens (tertiary/aromatic N) is 1. The molecule has 9 heteroatoms. The summed E-state index contributed by atoms with van der Waals surface area (Å²) in [6.07, 6.45) is 0. The molecular weight excluding hydrogens is 510 g/mol. The minimum atomic E-state index is -0.675. The Morgan fingerprint density at radius 1 is 1.11 bits per heavy atom. The van der Waals surface area contributed by atoms with Crippen LogP contribution in [0.5, 0.6) is 0 Å².